The number of aryl methyl sites for hydroxylation is 1. The van der Waals surface area contributed by atoms with Crippen LogP contribution in [0, 0.1) is 12.7 Å². The molecule has 0 saturated heterocycles. The molecule has 0 radical (unpaired) electrons. The normalized spacial score (nSPS) is 14.9. The number of sulfonamides is 2. The van der Waals surface area contributed by atoms with Crippen molar-refractivity contribution in [3.05, 3.63) is 53.8 Å². The van der Waals surface area contributed by atoms with Crippen molar-refractivity contribution in [1.29, 1.82) is 0 Å². The Kier molecular flexibility index (Phi) is 4.70. The molecule has 0 aliphatic heterocycles. The number of benzene rings is 2. The second-order valence-corrected chi connectivity index (χ2v) is 9.89. The predicted octanol–water partition coefficient (Wildman–Crippen LogP) is 2.86. The molecular weight excluding hydrogens is 379 g/mol. The third-order valence-electron chi connectivity index (χ3n) is 3.98. The van der Waals surface area contributed by atoms with Gasteiger partial charge in [-0.2, -0.15) is 0 Å². The van der Waals surface area contributed by atoms with Gasteiger partial charge in [-0.05, 0) is 67.8 Å². The van der Waals surface area contributed by atoms with Crippen LogP contribution in [0.1, 0.15) is 18.4 Å². The highest BCUT2D eigenvalue weighted by Gasteiger charge is 2.38. The van der Waals surface area contributed by atoms with E-state index in [1.54, 1.807) is 19.1 Å². The van der Waals surface area contributed by atoms with Gasteiger partial charge < -0.3 is 0 Å². The van der Waals surface area contributed by atoms with Crippen LogP contribution in [0.5, 0.6) is 0 Å². The molecule has 1 aliphatic carbocycles. The van der Waals surface area contributed by atoms with Gasteiger partial charge in [-0.15, -0.1) is 0 Å². The Labute approximate surface area is 152 Å². The zero-order valence-electron chi connectivity index (χ0n) is 14.3. The van der Waals surface area contributed by atoms with E-state index < -0.39 is 25.9 Å². The smallest absolute Gasteiger partial charge is 0.264 e. The molecule has 1 saturated carbocycles. The van der Waals surface area contributed by atoms with Gasteiger partial charge in [0, 0.05) is 11.7 Å². The van der Waals surface area contributed by atoms with E-state index >= 15 is 0 Å². The summed E-state index contributed by atoms with van der Waals surface area (Å²) in [5.74, 6) is -0.490. The van der Waals surface area contributed by atoms with E-state index in [2.05, 4.69) is 4.72 Å². The molecule has 0 spiro atoms. The standard InChI is InChI=1S/C17H19FN2O4S2/c1-12-11-13(18)3-10-17(12)26(23,24)20(16-8-9-16)15-6-4-14(5-7-15)19-25(2,21)22/h3-7,10-11,16,19H,8-9H2,1-2H3. The lowest BCUT2D eigenvalue weighted by Gasteiger charge is -2.25. The van der Waals surface area contributed by atoms with Crippen molar-refractivity contribution in [2.45, 2.75) is 30.7 Å². The van der Waals surface area contributed by atoms with Crippen molar-refractivity contribution >= 4 is 31.4 Å². The summed E-state index contributed by atoms with van der Waals surface area (Å²) in [5.41, 5.74) is 1.13. The minimum atomic E-state index is -3.86. The molecule has 0 aromatic heterocycles. The monoisotopic (exact) mass is 398 g/mol. The Balaban J connectivity index is 1.99. The molecule has 3 rings (SSSR count). The van der Waals surface area contributed by atoms with E-state index in [9.17, 15) is 21.2 Å². The van der Waals surface area contributed by atoms with E-state index in [0.29, 0.717) is 16.9 Å². The first-order valence-corrected chi connectivity index (χ1v) is 11.3. The molecule has 1 N–H and O–H groups in total. The van der Waals surface area contributed by atoms with Gasteiger partial charge in [0.1, 0.15) is 5.82 Å². The predicted molar refractivity (Wildman–Crippen MR) is 98.7 cm³/mol. The molecule has 140 valence electrons. The minimum absolute atomic E-state index is 0.0594. The van der Waals surface area contributed by atoms with Gasteiger partial charge in [0.2, 0.25) is 10.0 Å². The second kappa shape index (κ2) is 6.55. The molecule has 2 aromatic carbocycles. The van der Waals surface area contributed by atoms with Crippen molar-refractivity contribution in [1.82, 2.24) is 0 Å². The Hall–Kier alpha value is -2.13. The average molecular weight is 398 g/mol. The lowest BCUT2D eigenvalue weighted by Crippen LogP contribution is -2.33. The Morgan fingerprint density at radius 3 is 2.15 bits per heavy atom. The van der Waals surface area contributed by atoms with E-state index in [0.717, 1.165) is 25.2 Å². The number of nitrogens with zero attached hydrogens (tertiary/aromatic N) is 1. The Morgan fingerprint density at radius 2 is 1.65 bits per heavy atom. The first kappa shape index (κ1) is 18.7. The maximum absolute atomic E-state index is 13.3. The maximum Gasteiger partial charge on any atom is 0.264 e. The Bertz CT molecular complexity index is 1030. The van der Waals surface area contributed by atoms with E-state index in [1.807, 2.05) is 0 Å². The summed E-state index contributed by atoms with van der Waals surface area (Å²) in [5, 5.41) is 0. The summed E-state index contributed by atoms with van der Waals surface area (Å²) >= 11 is 0. The molecule has 1 aliphatic rings. The Morgan fingerprint density at radius 1 is 1.04 bits per heavy atom. The number of hydrogen-bond acceptors (Lipinski definition) is 4. The van der Waals surface area contributed by atoms with E-state index in [4.69, 9.17) is 0 Å². The molecule has 0 unspecified atom stereocenters. The van der Waals surface area contributed by atoms with Gasteiger partial charge in [-0.25, -0.2) is 21.2 Å². The molecular formula is C17H19FN2O4S2. The zero-order valence-corrected chi connectivity index (χ0v) is 15.9. The molecule has 6 nitrogen and oxygen atoms in total. The summed E-state index contributed by atoms with van der Waals surface area (Å²) in [6.07, 6.45) is 2.52. The van der Waals surface area contributed by atoms with Gasteiger partial charge in [0.15, 0.2) is 0 Å². The van der Waals surface area contributed by atoms with E-state index in [1.165, 1.54) is 28.6 Å². The molecule has 26 heavy (non-hydrogen) atoms. The molecule has 0 amide bonds. The van der Waals surface area contributed by atoms with Crippen LogP contribution in [-0.4, -0.2) is 29.1 Å². The maximum atomic E-state index is 13.3. The number of rotatable bonds is 6. The first-order valence-electron chi connectivity index (χ1n) is 7.96. The molecule has 0 heterocycles. The summed E-state index contributed by atoms with van der Waals surface area (Å²) in [6.45, 7) is 1.56. The summed E-state index contributed by atoms with van der Waals surface area (Å²) in [7, 11) is -7.27. The van der Waals surface area contributed by atoms with Crippen LogP contribution in [-0.2, 0) is 20.0 Å². The molecule has 1 fully saturated rings. The third kappa shape index (κ3) is 3.99. The van der Waals surface area contributed by atoms with E-state index in [-0.39, 0.29) is 10.9 Å². The van der Waals surface area contributed by atoms with Crippen molar-refractivity contribution in [3.63, 3.8) is 0 Å². The van der Waals surface area contributed by atoms with Gasteiger partial charge in [-0.1, -0.05) is 0 Å². The summed E-state index contributed by atoms with van der Waals surface area (Å²) in [6, 6.07) is 9.58. The fourth-order valence-corrected chi connectivity index (χ4v) is 5.24. The van der Waals surface area contributed by atoms with Crippen LogP contribution >= 0.6 is 0 Å². The fraction of sp³-hybridized carbons (Fsp3) is 0.294. The average Bonchev–Trinajstić information content (AvgIpc) is 3.31. The summed E-state index contributed by atoms with van der Waals surface area (Å²) in [4.78, 5) is 0.0594. The van der Waals surface area contributed by atoms with Gasteiger partial charge >= 0.3 is 0 Å². The largest absolute Gasteiger partial charge is 0.284 e. The molecule has 9 heteroatoms. The third-order valence-corrected chi connectivity index (χ3v) is 6.62. The minimum Gasteiger partial charge on any atom is -0.284 e. The van der Waals surface area contributed by atoms with Crippen molar-refractivity contribution in [2.24, 2.45) is 0 Å². The number of nitrogens with one attached hydrogen (secondary N) is 1. The second-order valence-electron chi connectivity index (χ2n) is 6.36. The first-order chi connectivity index (χ1) is 12.1. The van der Waals surface area contributed by atoms with Gasteiger partial charge in [-0.3, -0.25) is 9.03 Å². The summed E-state index contributed by atoms with van der Waals surface area (Å²) < 4.78 is 65.9. The van der Waals surface area contributed by atoms with Crippen LogP contribution in [0.3, 0.4) is 0 Å². The van der Waals surface area contributed by atoms with Crippen LogP contribution in [0.4, 0.5) is 15.8 Å². The molecule has 0 bridgehead atoms. The highest BCUT2D eigenvalue weighted by molar-refractivity contribution is 7.93. The van der Waals surface area contributed by atoms with Crippen LogP contribution < -0.4 is 9.03 Å². The zero-order chi connectivity index (χ0) is 19.1. The topological polar surface area (TPSA) is 83.6 Å². The number of anilines is 2. The van der Waals surface area contributed by atoms with Crippen LogP contribution in [0.25, 0.3) is 0 Å². The SMILES string of the molecule is Cc1cc(F)ccc1S(=O)(=O)N(c1ccc(NS(C)(=O)=O)cc1)C1CC1. The molecule has 2 aromatic rings. The quantitative estimate of drug-likeness (QED) is 0.811. The van der Waals surface area contributed by atoms with Crippen LogP contribution in [0.2, 0.25) is 0 Å². The van der Waals surface area contributed by atoms with Gasteiger partial charge in [0.05, 0.1) is 16.8 Å². The van der Waals surface area contributed by atoms with Crippen LogP contribution in [0.15, 0.2) is 47.4 Å². The fourth-order valence-electron chi connectivity index (χ4n) is 2.75. The van der Waals surface area contributed by atoms with Crippen molar-refractivity contribution < 1.29 is 21.2 Å². The number of hydrogen-bond donors (Lipinski definition) is 1. The van der Waals surface area contributed by atoms with Crippen molar-refractivity contribution in [3.8, 4) is 0 Å². The lowest BCUT2D eigenvalue weighted by molar-refractivity contribution is 0.588. The number of halogens is 1. The highest BCUT2D eigenvalue weighted by Crippen LogP contribution is 2.37. The lowest BCUT2D eigenvalue weighted by atomic mass is 10.2. The van der Waals surface area contributed by atoms with Gasteiger partial charge in [0.25, 0.3) is 10.0 Å². The van der Waals surface area contributed by atoms with Crippen molar-refractivity contribution in [2.75, 3.05) is 15.3 Å². The molecule has 0 atom stereocenters. The highest BCUT2D eigenvalue weighted by atomic mass is 32.2.